The molecular weight excluding hydrogens is 692 g/mol. The number of aliphatic hydroxyl groups excluding tert-OH is 1. The van der Waals surface area contributed by atoms with Gasteiger partial charge < -0.3 is 46.5 Å². The van der Waals surface area contributed by atoms with Crippen molar-refractivity contribution in [3.63, 3.8) is 0 Å². The molecule has 53 heavy (non-hydrogen) atoms. The number of carbonyl (C=O) groups is 7. The van der Waals surface area contributed by atoms with Gasteiger partial charge in [0.2, 0.25) is 35.4 Å². The molecule has 1 aromatic heterocycles. The lowest BCUT2D eigenvalue weighted by Crippen LogP contribution is -2.59. The van der Waals surface area contributed by atoms with Gasteiger partial charge >= 0.3 is 11.6 Å². The molecule has 0 bridgehead atoms. The Kier molecular flexibility index (Phi) is 15.6. The van der Waals surface area contributed by atoms with Crippen LogP contribution in [0.5, 0.6) is 0 Å². The Hall–Kier alpha value is -6.10. The van der Waals surface area contributed by atoms with E-state index >= 15 is 0 Å². The van der Waals surface area contributed by atoms with Crippen molar-refractivity contribution >= 4 is 58.1 Å². The molecule has 8 N–H and O–H groups in total. The number of benzene rings is 2. The van der Waals surface area contributed by atoms with Gasteiger partial charge in [0.1, 0.15) is 29.8 Å². The molecule has 0 aliphatic rings. The molecule has 0 saturated heterocycles. The van der Waals surface area contributed by atoms with Gasteiger partial charge in [0.15, 0.2) is 0 Å². The maximum absolute atomic E-state index is 13.6. The van der Waals surface area contributed by atoms with Gasteiger partial charge in [0, 0.05) is 50.0 Å². The molecule has 0 spiro atoms. The molecule has 0 unspecified atom stereocenters. The van der Waals surface area contributed by atoms with Crippen molar-refractivity contribution in [3.8, 4) is 0 Å². The number of rotatable bonds is 19. The van der Waals surface area contributed by atoms with Crippen LogP contribution in [-0.2, 0) is 40.0 Å². The lowest BCUT2D eigenvalue weighted by molar-refractivity contribution is -0.141. The normalized spacial score (nSPS) is 13.1. The maximum Gasteiger partial charge on any atom is 0.336 e. The number of nitrogens with one attached hydrogen (secondary N) is 6. The van der Waals surface area contributed by atoms with Crippen LogP contribution in [-0.4, -0.2) is 88.9 Å². The van der Waals surface area contributed by atoms with Gasteiger partial charge in [-0.15, -0.1) is 0 Å². The molecule has 0 aliphatic heterocycles. The van der Waals surface area contributed by atoms with Crippen molar-refractivity contribution in [2.45, 2.75) is 77.0 Å². The molecule has 0 fully saturated rings. The summed E-state index contributed by atoms with van der Waals surface area (Å²) in [5, 5.41) is 35.0. The molecule has 3 rings (SSSR count). The third-order valence-electron chi connectivity index (χ3n) is 7.95. The molecule has 1 heterocycles. The minimum atomic E-state index is -1.60. The number of carboxylic acids is 1. The van der Waals surface area contributed by atoms with E-state index in [0.29, 0.717) is 35.9 Å². The van der Waals surface area contributed by atoms with Crippen molar-refractivity contribution < 1.29 is 48.2 Å². The van der Waals surface area contributed by atoms with Crippen LogP contribution >= 0.6 is 0 Å². The molecular formula is C36H44N6O11. The summed E-state index contributed by atoms with van der Waals surface area (Å²) in [5.74, 6) is -5.77. The highest BCUT2D eigenvalue weighted by Crippen LogP contribution is 2.21. The second-order valence-electron chi connectivity index (χ2n) is 12.3. The third-order valence-corrected chi connectivity index (χ3v) is 7.95. The maximum atomic E-state index is 13.6. The molecule has 3 aromatic rings. The van der Waals surface area contributed by atoms with E-state index in [1.54, 1.807) is 49.4 Å². The zero-order chi connectivity index (χ0) is 39.1. The number of carboxylic acid groups (broad SMARTS) is 1. The zero-order valence-corrected chi connectivity index (χ0v) is 29.5. The minimum Gasteiger partial charge on any atom is -0.481 e. The van der Waals surface area contributed by atoms with Crippen LogP contribution < -0.4 is 37.5 Å². The Labute approximate surface area is 304 Å². The fourth-order valence-corrected chi connectivity index (χ4v) is 5.34. The molecule has 0 radical (unpaired) electrons. The number of aliphatic hydroxyl groups is 1. The van der Waals surface area contributed by atoms with E-state index in [-0.39, 0.29) is 30.0 Å². The lowest BCUT2D eigenvalue weighted by atomic mass is 10.0. The number of hydrogen-bond donors (Lipinski definition) is 8. The first kappa shape index (κ1) is 41.3. The van der Waals surface area contributed by atoms with Crippen LogP contribution in [0.25, 0.3) is 11.0 Å². The summed E-state index contributed by atoms with van der Waals surface area (Å²) >= 11 is 0. The highest BCUT2D eigenvalue weighted by atomic mass is 16.4. The van der Waals surface area contributed by atoms with Crippen molar-refractivity contribution in [1.29, 1.82) is 0 Å². The van der Waals surface area contributed by atoms with Crippen molar-refractivity contribution in [2.24, 2.45) is 0 Å². The SMILES string of the molecule is CC(=O)NCCCC[C@H](NC(=O)[C@H](CO)NC(=O)[C@H](Cc1ccccc1)NC(=O)[C@H](CC(=O)O)NC(C)=O)C(=O)Nc1ccc2c(C)cc(=O)oc2c1. The van der Waals surface area contributed by atoms with Gasteiger partial charge in [-0.25, -0.2) is 4.79 Å². The molecule has 0 aliphatic carbocycles. The van der Waals surface area contributed by atoms with Gasteiger partial charge in [0.05, 0.1) is 13.0 Å². The number of fused-ring (bicyclic) bond motifs is 1. The number of aryl methyl sites for hydroxylation is 1. The smallest absolute Gasteiger partial charge is 0.336 e. The first-order valence-electron chi connectivity index (χ1n) is 16.8. The topological polar surface area (TPSA) is 262 Å². The summed E-state index contributed by atoms with van der Waals surface area (Å²) in [6.45, 7) is 3.61. The van der Waals surface area contributed by atoms with Gasteiger partial charge in [-0.2, -0.15) is 0 Å². The second kappa shape index (κ2) is 20.1. The molecule has 4 atom stereocenters. The minimum absolute atomic E-state index is 0.0891. The largest absolute Gasteiger partial charge is 0.481 e. The van der Waals surface area contributed by atoms with E-state index in [4.69, 9.17) is 4.42 Å². The number of aliphatic carboxylic acids is 1. The Balaban J connectivity index is 1.80. The quantitative estimate of drug-likeness (QED) is 0.0601. The second-order valence-corrected chi connectivity index (χ2v) is 12.3. The summed E-state index contributed by atoms with van der Waals surface area (Å²) in [6, 6.07) is 8.81. The van der Waals surface area contributed by atoms with Crippen LogP contribution in [0, 0.1) is 6.92 Å². The number of hydrogen-bond acceptors (Lipinski definition) is 10. The van der Waals surface area contributed by atoms with Crippen LogP contribution in [0.1, 0.15) is 50.7 Å². The fourth-order valence-electron chi connectivity index (χ4n) is 5.34. The van der Waals surface area contributed by atoms with E-state index < -0.39 is 78.3 Å². The number of anilines is 1. The van der Waals surface area contributed by atoms with Crippen LogP contribution in [0.3, 0.4) is 0 Å². The van der Waals surface area contributed by atoms with E-state index in [2.05, 4.69) is 31.9 Å². The van der Waals surface area contributed by atoms with E-state index in [1.165, 1.54) is 19.1 Å². The summed E-state index contributed by atoms with van der Waals surface area (Å²) in [6.07, 6.45) is 0.0442. The Bertz CT molecular complexity index is 1850. The Morgan fingerprint density at radius 2 is 1.38 bits per heavy atom. The highest BCUT2D eigenvalue weighted by Gasteiger charge is 2.32. The summed E-state index contributed by atoms with van der Waals surface area (Å²) in [4.78, 5) is 99.9. The van der Waals surface area contributed by atoms with Gasteiger partial charge in [0.25, 0.3) is 0 Å². The van der Waals surface area contributed by atoms with Crippen LogP contribution in [0.4, 0.5) is 5.69 Å². The summed E-state index contributed by atoms with van der Waals surface area (Å²) in [5.41, 5.74) is 1.19. The number of amides is 6. The van der Waals surface area contributed by atoms with Crippen molar-refractivity contribution in [2.75, 3.05) is 18.5 Å². The zero-order valence-electron chi connectivity index (χ0n) is 29.5. The first-order chi connectivity index (χ1) is 25.2. The lowest BCUT2D eigenvalue weighted by Gasteiger charge is -2.25. The van der Waals surface area contributed by atoms with E-state index in [9.17, 15) is 48.6 Å². The highest BCUT2D eigenvalue weighted by molar-refractivity contribution is 6.00. The fraction of sp³-hybridized carbons (Fsp3) is 0.389. The van der Waals surface area contributed by atoms with Crippen LogP contribution in [0.15, 0.2) is 63.8 Å². The predicted octanol–water partition coefficient (Wildman–Crippen LogP) is 0.0151. The number of unbranched alkanes of at least 4 members (excludes halogenated alkanes) is 1. The molecule has 2 aromatic carbocycles. The Morgan fingerprint density at radius 1 is 0.736 bits per heavy atom. The standard InChI is InChI=1S/C36H44N6O11/c1-20-15-32(48)53-30-17-24(12-13-25(20)30)39-33(49)26(11-7-8-14-37-21(2)44)40-36(52)29(19-43)42-34(50)27(16-23-9-5-4-6-10-23)41-35(51)28(18-31(46)47)38-22(3)45/h4-6,9-10,12-13,15,17,26-29,43H,7-8,11,14,16,18-19H2,1-3H3,(H,37,44)(H,38,45)(H,39,49)(H,40,52)(H,41,51)(H,42,50)(H,46,47)/t26-,27-,28-,29-/m0/s1. The molecule has 6 amide bonds. The van der Waals surface area contributed by atoms with Gasteiger partial charge in [-0.3, -0.25) is 33.6 Å². The predicted molar refractivity (Wildman–Crippen MR) is 191 cm³/mol. The molecule has 284 valence electrons. The molecule has 0 saturated carbocycles. The Morgan fingerprint density at radius 3 is 2.02 bits per heavy atom. The van der Waals surface area contributed by atoms with Gasteiger partial charge in [-0.1, -0.05) is 30.3 Å². The van der Waals surface area contributed by atoms with Crippen molar-refractivity contribution in [3.05, 3.63) is 76.1 Å². The van der Waals surface area contributed by atoms with Gasteiger partial charge in [-0.05, 0) is 49.4 Å². The summed E-state index contributed by atoms with van der Waals surface area (Å²) in [7, 11) is 0. The third kappa shape index (κ3) is 13.5. The molecule has 17 nitrogen and oxygen atoms in total. The average Bonchev–Trinajstić information content (AvgIpc) is 3.08. The molecule has 17 heteroatoms. The first-order valence-corrected chi connectivity index (χ1v) is 16.8. The van der Waals surface area contributed by atoms with Crippen molar-refractivity contribution in [1.82, 2.24) is 26.6 Å². The van der Waals surface area contributed by atoms with E-state index in [0.717, 1.165) is 6.92 Å². The van der Waals surface area contributed by atoms with E-state index in [1.807, 2.05) is 0 Å². The monoisotopic (exact) mass is 736 g/mol. The summed E-state index contributed by atoms with van der Waals surface area (Å²) < 4.78 is 5.26. The van der Waals surface area contributed by atoms with Crippen LogP contribution in [0.2, 0.25) is 0 Å². The average molecular weight is 737 g/mol. The number of carbonyl (C=O) groups excluding carboxylic acids is 6.